The highest BCUT2D eigenvalue weighted by Gasteiger charge is 2.68. The van der Waals surface area contributed by atoms with Crippen molar-refractivity contribution in [1.29, 1.82) is 0 Å². The number of halogens is 1. The van der Waals surface area contributed by atoms with Crippen LogP contribution < -0.4 is 0 Å². The SMILES string of the molecule is CC1(C)CC1(C(=O)O)c1ccc(Cl)cn1. The summed E-state index contributed by atoms with van der Waals surface area (Å²) in [6.45, 7) is 3.88. The molecule has 1 atom stereocenters. The molecule has 1 saturated carbocycles. The normalized spacial score (nSPS) is 27.4. The number of carboxylic acid groups (broad SMARTS) is 1. The molecule has 1 heterocycles. The van der Waals surface area contributed by atoms with E-state index in [0.29, 0.717) is 17.1 Å². The van der Waals surface area contributed by atoms with Gasteiger partial charge in [-0.3, -0.25) is 9.78 Å². The summed E-state index contributed by atoms with van der Waals surface area (Å²) in [6.07, 6.45) is 2.12. The molecule has 0 aromatic carbocycles. The van der Waals surface area contributed by atoms with Crippen molar-refractivity contribution in [2.24, 2.45) is 5.41 Å². The Kier molecular flexibility index (Phi) is 2.05. The van der Waals surface area contributed by atoms with Crippen LogP contribution in [0.1, 0.15) is 26.0 Å². The van der Waals surface area contributed by atoms with Crippen molar-refractivity contribution in [2.75, 3.05) is 0 Å². The van der Waals surface area contributed by atoms with Crippen molar-refractivity contribution in [2.45, 2.75) is 25.7 Å². The minimum atomic E-state index is -0.822. The Labute approximate surface area is 93.1 Å². The largest absolute Gasteiger partial charge is 0.481 e. The van der Waals surface area contributed by atoms with Crippen molar-refractivity contribution in [1.82, 2.24) is 4.98 Å². The quantitative estimate of drug-likeness (QED) is 0.841. The van der Waals surface area contributed by atoms with Crippen molar-refractivity contribution in [3.05, 3.63) is 29.0 Å². The predicted molar refractivity (Wildman–Crippen MR) is 57.0 cm³/mol. The summed E-state index contributed by atoms with van der Waals surface area (Å²) in [6, 6.07) is 3.38. The molecule has 1 aromatic heterocycles. The number of aromatic nitrogens is 1. The Morgan fingerprint density at radius 1 is 1.53 bits per heavy atom. The van der Waals surface area contributed by atoms with Gasteiger partial charge in [-0.1, -0.05) is 25.4 Å². The second-order valence-corrected chi connectivity index (χ2v) is 5.07. The Balaban J connectivity index is 2.45. The van der Waals surface area contributed by atoms with E-state index < -0.39 is 11.4 Å². The van der Waals surface area contributed by atoms with Crippen LogP contribution in [0.3, 0.4) is 0 Å². The van der Waals surface area contributed by atoms with Crippen LogP contribution in [0, 0.1) is 5.41 Å². The lowest BCUT2D eigenvalue weighted by Crippen LogP contribution is -2.26. The van der Waals surface area contributed by atoms with Gasteiger partial charge in [0.05, 0.1) is 10.7 Å². The third kappa shape index (κ3) is 1.34. The number of nitrogens with zero attached hydrogens (tertiary/aromatic N) is 1. The van der Waals surface area contributed by atoms with E-state index in [1.807, 2.05) is 13.8 Å². The molecule has 0 amide bonds. The van der Waals surface area contributed by atoms with Crippen LogP contribution >= 0.6 is 11.6 Å². The van der Waals surface area contributed by atoms with Gasteiger partial charge >= 0.3 is 5.97 Å². The first-order chi connectivity index (χ1) is 6.90. The van der Waals surface area contributed by atoms with Gasteiger partial charge in [0, 0.05) is 6.20 Å². The second kappa shape index (κ2) is 2.95. The zero-order valence-electron chi connectivity index (χ0n) is 8.62. The molecular formula is C11H12ClNO2. The fourth-order valence-corrected chi connectivity index (χ4v) is 2.27. The lowest BCUT2D eigenvalue weighted by Gasteiger charge is -2.14. The Hall–Kier alpha value is -1.09. The third-order valence-electron chi connectivity index (χ3n) is 3.27. The minimum Gasteiger partial charge on any atom is -0.481 e. The first-order valence-corrected chi connectivity index (χ1v) is 5.13. The van der Waals surface area contributed by atoms with Crippen LogP contribution in [-0.4, -0.2) is 16.1 Å². The van der Waals surface area contributed by atoms with Crippen LogP contribution in [-0.2, 0) is 10.2 Å². The number of rotatable bonds is 2. The van der Waals surface area contributed by atoms with Crippen LogP contribution in [0.25, 0.3) is 0 Å². The molecule has 80 valence electrons. The molecule has 15 heavy (non-hydrogen) atoms. The van der Waals surface area contributed by atoms with E-state index >= 15 is 0 Å². The van der Waals surface area contributed by atoms with E-state index in [1.165, 1.54) is 6.20 Å². The van der Waals surface area contributed by atoms with Gasteiger partial charge in [0.2, 0.25) is 0 Å². The Bertz CT molecular complexity index is 413. The summed E-state index contributed by atoms with van der Waals surface area (Å²) in [5, 5.41) is 9.81. The summed E-state index contributed by atoms with van der Waals surface area (Å²) in [4.78, 5) is 15.4. The van der Waals surface area contributed by atoms with Crippen molar-refractivity contribution in [3.8, 4) is 0 Å². The molecule has 0 bridgehead atoms. The fourth-order valence-electron chi connectivity index (χ4n) is 2.16. The summed E-state index contributed by atoms with van der Waals surface area (Å²) < 4.78 is 0. The topological polar surface area (TPSA) is 50.2 Å². The average Bonchev–Trinajstić information content (AvgIpc) is 2.72. The number of hydrogen-bond acceptors (Lipinski definition) is 2. The molecule has 3 nitrogen and oxygen atoms in total. The van der Waals surface area contributed by atoms with Crippen LogP contribution in [0.15, 0.2) is 18.3 Å². The van der Waals surface area contributed by atoms with Gasteiger partial charge in [-0.25, -0.2) is 0 Å². The molecule has 0 aliphatic heterocycles. The Morgan fingerprint density at radius 2 is 2.13 bits per heavy atom. The highest BCUT2D eigenvalue weighted by Crippen LogP contribution is 2.63. The summed E-state index contributed by atoms with van der Waals surface area (Å²) >= 11 is 5.72. The van der Waals surface area contributed by atoms with Gasteiger partial charge in [0.15, 0.2) is 0 Å². The number of pyridine rings is 1. The lowest BCUT2D eigenvalue weighted by molar-refractivity contribution is -0.141. The first-order valence-electron chi connectivity index (χ1n) is 4.75. The zero-order valence-corrected chi connectivity index (χ0v) is 9.38. The van der Waals surface area contributed by atoms with Crippen molar-refractivity contribution < 1.29 is 9.90 Å². The van der Waals surface area contributed by atoms with E-state index in [9.17, 15) is 9.90 Å². The van der Waals surface area contributed by atoms with Gasteiger partial charge in [0.25, 0.3) is 0 Å². The molecule has 2 rings (SSSR count). The molecule has 1 unspecified atom stereocenters. The molecule has 4 heteroatoms. The number of hydrogen-bond donors (Lipinski definition) is 1. The van der Waals surface area contributed by atoms with Gasteiger partial charge in [0.1, 0.15) is 5.41 Å². The van der Waals surface area contributed by atoms with Crippen LogP contribution in [0.5, 0.6) is 0 Å². The van der Waals surface area contributed by atoms with E-state index in [2.05, 4.69) is 4.98 Å². The molecule has 1 aliphatic rings. The minimum absolute atomic E-state index is 0.223. The summed E-state index contributed by atoms with van der Waals surface area (Å²) in [7, 11) is 0. The molecule has 1 aliphatic carbocycles. The predicted octanol–water partition coefficient (Wildman–Crippen LogP) is 2.49. The maximum Gasteiger partial charge on any atom is 0.316 e. The van der Waals surface area contributed by atoms with Crippen LogP contribution in [0.4, 0.5) is 0 Å². The number of carbonyl (C=O) groups is 1. The first kappa shape index (κ1) is 10.4. The third-order valence-corrected chi connectivity index (χ3v) is 3.49. The smallest absolute Gasteiger partial charge is 0.316 e. The van der Waals surface area contributed by atoms with Crippen molar-refractivity contribution >= 4 is 17.6 Å². The summed E-state index contributed by atoms with van der Waals surface area (Å²) in [5.74, 6) is -0.803. The van der Waals surface area contributed by atoms with E-state index in [-0.39, 0.29) is 5.41 Å². The molecular weight excluding hydrogens is 214 g/mol. The average molecular weight is 226 g/mol. The summed E-state index contributed by atoms with van der Waals surface area (Å²) in [5.41, 5.74) is -0.443. The molecule has 0 radical (unpaired) electrons. The maximum atomic E-state index is 11.3. The van der Waals surface area contributed by atoms with E-state index in [1.54, 1.807) is 12.1 Å². The standard InChI is InChI=1S/C11H12ClNO2/c1-10(2)6-11(10,9(14)15)8-4-3-7(12)5-13-8/h3-5H,6H2,1-2H3,(H,14,15). The molecule has 1 aromatic rings. The highest BCUT2D eigenvalue weighted by atomic mass is 35.5. The molecule has 0 saturated heterocycles. The zero-order chi connectivity index (χ0) is 11.3. The van der Waals surface area contributed by atoms with Gasteiger partial charge < -0.3 is 5.11 Å². The molecule has 1 N–H and O–H groups in total. The van der Waals surface area contributed by atoms with Gasteiger partial charge in [-0.15, -0.1) is 0 Å². The fraction of sp³-hybridized carbons (Fsp3) is 0.455. The second-order valence-electron chi connectivity index (χ2n) is 4.63. The molecule has 0 spiro atoms. The molecule has 1 fully saturated rings. The lowest BCUT2D eigenvalue weighted by atomic mass is 9.92. The maximum absolute atomic E-state index is 11.3. The van der Waals surface area contributed by atoms with E-state index in [4.69, 9.17) is 11.6 Å². The Morgan fingerprint density at radius 3 is 2.47 bits per heavy atom. The monoisotopic (exact) mass is 225 g/mol. The van der Waals surface area contributed by atoms with E-state index in [0.717, 1.165) is 0 Å². The highest BCUT2D eigenvalue weighted by molar-refractivity contribution is 6.30. The number of carboxylic acids is 1. The number of aliphatic carboxylic acids is 1. The van der Waals surface area contributed by atoms with Crippen LogP contribution in [0.2, 0.25) is 5.02 Å². The van der Waals surface area contributed by atoms with Gasteiger partial charge in [-0.2, -0.15) is 0 Å². The van der Waals surface area contributed by atoms with Gasteiger partial charge in [-0.05, 0) is 24.0 Å². The van der Waals surface area contributed by atoms with Crippen molar-refractivity contribution in [3.63, 3.8) is 0 Å².